The lowest BCUT2D eigenvalue weighted by atomic mass is 10.2. The molecular formula is C21H21ClN2O7. The Morgan fingerprint density at radius 1 is 1.10 bits per heavy atom. The normalized spacial score (nSPS) is 14.1. The summed E-state index contributed by atoms with van der Waals surface area (Å²) >= 11 is 5.82. The molecule has 0 radical (unpaired) electrons. The summed E-state index contributed by atoms with van der Waals surface area (Å²) in [5.74, 6) is -0.633. The van der Waals surface area contributed by atoms with Gasteiger partial charge in [-0.25, -0.2) is 4.79 Å². The highest BCUT2D eigenvalue weighted by atomic mass is 35.5. The first-order valence-electron chi connectivity index (χ1n) is 9.59. The maximum atomic E-state index is 12.5. The molecule has 1 fully saturated rings. The van der Waals surface area contributed by atoms with E-state index < -0.39 is 17.0 Å². The number of nitrogens with zero attached hydrogens (tertiary/aromatic N) is 2. The van der Waals surface area contributed by atoms with Gasteiger partial charge in [0.25, 0.3) is 5.91 Å². The molecule has 31 heavy (non-hydrogen) atoms. The summed E-state index contributed by atoms with van der Waals surface area (Å²) < 4.78 is 16.2. The Bertz CT molecular complexity index is 1010. The summed E-state index contributed by atoms with van der Waals surface area (Å²) in [5, 5.41) is 11.5. The molecular weight excluding hydrogens is 428 g/mol. The number of hydrogen-bond donors (Lipinski definition) is 0. The Morgan fingerprint density at radius 3 is 2.42 bits per heavy atom. The zero-order valence-corrected chi connectivity index (χ0v) is 17.8. The largest absolute Gasteiger partial charge is 0.493 e. The molecule has 3 rings (SSSR count). The molecule has 9 nitrogen and oxygen atoms in total. The van der Waals surface area contributed by atoms with E-state index in [2.05, 4.69) is 0 Å². The van der Waals surface area contributed by atoms with Crippen LogP contribution in [0.1, 0.15) is 30.1 Å². The van der Waals surface area contributed by atoms with Gasteiger partial charge in [-0.05, 0) is 50.1 Å². The van der Waals surface area contributed by atoms with Crippen LogP contribution in [0.2, 0.25) is 5.02 Å². The second kappa shape index (κ2) is 9.65. The average Bonchev–Trinajstić information content (AvgIpc) is 3.29. The van der Waals surface area contributed by atoms with E-state index in [0.29, 0.717) is 13.1 Å². The molecule has 1 amide bonds. The molecule has 0 spiro atoms. The first-order chi connectivity index (χ1) is 14.8. The zero-order valence-electron chi connectivity index (χ0n) is 17.0. The minimum atomic E-state index is -0.913. The number of carbonyl (C=O) groups is 2. The van der Waals surface area contributed by atoms with E-state index in [1.54, 1.807) is 4.90 Å². The van der Waals surface area contributed by atoms with E-state index in [1.165, 1.54) is 50.4 Å². The SMILES string of the molecule is COc1cc(C(=O)OC(C)C(=O)N2CCCC2)ccc1Oc1ccc(Cl)cc1[N+](=O)[O-]. The lowest BCUT2D eigenvalue weighted by Crippen LogP contribution is -2.38. The molecule has 0 aliphatic carbocycles. The third-order valence-electron chi connectivity index (χ3n) is 4.79. The Hall–Kier alpha value is -3.33. The number of rotatable bonds is 7. The summed E-state index contributed by atoms with van der Waals surface area (Å²) in [7, 11) is 1.37. The van der Waals surface area contributed by atoms with Crippen molar-refractivity contribution in [3.63, 3.8) is 0 Å². The Kier molecular flexibility index (Phi) is 6.96. The summed E-state index contributed by atoms with van der Waals surface area (Å²) in [4.78, 5) is 37.2. The van der Waals surface area contributed by atoms with Gasteiger partial charge >= 0.3 is 11.7 Å². The van der Waals surface area contributed by atoms with Crippen LogP contribution in [0.5, 0.6) is 17.2 Å². The van der Waals surface area contributed by atoms with Gasteiger partial charge in [-0.15, -0.1) is 0 Å². The smallest absolute Gasteiger partial charge is 0.339 e. The van der Waals surface area contributed by atoms with Gasteiger partial charge in [0, 0.05) is 24.2 Å². The number of hydrogen-bond acceptors (Lipinski definition) is 7. The van der Waals surface area contributed by atoms with Crippen LogP contribution < -0.4 is 9.47 Å². The lowest BCUT2D eigenvalue weighted by molar-refractivity contribution is -0.385. The number of ether oxygens (including phenoxy) is 3. The van der Waals surface area contributed by atoms with Crippen LogP contribution >= 0.6 is 11.6 Å². The van der Waals surface area contributed by atoms with Crippen LogP contribution in [0.15, 0.2) is 36.4 Å². The van der Waals surface area contributed by atoms with Gasteiger partial charge in [-0.1, -0.05) is 11.6 Å². The quantitative estimate of drug-likeness (QED) is 0.354. The molecule has 2 aromatic carbocycles. The van der Waals surface area contributed by atoms with Gasteiger partial charge in [0.1, 0.15) is 0 Å². The van der Waals surface area contributed by atoms with Crippen molar-refractivity contribution in [3.8, 4) is 17.2 Å². The second-order valence-corrected chi connectivity index (χ2v) is 7.35. The predicted octanol–water partition coefficient (Wildman–Crippen LogP) is 4.22. The van der Waals surface area contributed by atoms with Gasteiger partial charge in [0.15, 0.2) is 17.6 Å². The highest BCUT2D eigenvalue weighted by molar-refractivity contribution is 6.30. The summed E-state index contributed by atoms with van der Waals surface area (Å²) in [6.07, 6.45) is 0.970. The third-order valence-corrected chi connectivity index (χ3v) is 5.02. The monoisotopic (exact) mass is 448 g/mol. The number of likely N-dealkylation sites (tertiary alicyclic amines) is 1. The van der Waals surface area contributed by atoms with Gasteiger partial charge in [0.2, 0.25) is 5.75 Å². The molecule has 1 aliphatic heterocycles. The molecule has 1 aliphatic rings. The first kappa shape index (κ1) is 22.4. The van der Waals surface area contributed by atoms with Crippen LogP contribution in [-0.4, -0.2) is 48.0 Å². The highest BCUT2D eigenvalue weighted by Crippen LogP contribution is 2.38. The van der Waals surface area contributed by atoms with Crippen molar-refractivity contribution < 1.29 is 28.7 Å². The van der Waals surface area contributed by atoms with Crippen molar-refractivity contribution in [1.29, 1.82) is 0 Å². The van der Waals surface area contributed by atoms with Crippen LogP contribution in [0, 0.1) is 10.1 Å². The number of amides is 1. The third kappa shape index (κ3) is 5.24. The van der Waals surface area contributed by atoms with E-state index in [0.717, 1.165) is 12.8 Å². The van der Waals surface area contributed by atoms with Crippen molar-refractivity contribution in [2.45, 2.75) is 25.9 Å². The fourth-order valence-electron chi connectivity index (χ4n) is 3.19. The van der Waals surface area contributed by atoms with Gasteiger partial charge in [-0.3, -0.25) is 14.9 Å². The topological polar surface area (TPSA) is 108 Å². The minimum Gasteiger partial charge on any atom is -0.493 e. The number of esters is 1. The van der Waals surface area contributed by atoms with E-state index in [1.807, 2.05) is 0 Å². The van der Waals surface area contributed by atoms with E-state index in [-0.39, 0.29) is 39.4 Å². The fourth-order valence-corrected chi connectivity index (χ4v) is 3.36. The lowest BCUT2D eigenvalue weighted by Gasteiger charge is -2.20. The van der Waals surface area contributed by atoms with Gasteiger partial charge in [-0.2, -0.15) is 0 Å². The van der Waals surface area contributed by atoms with Crippen molar-refractivity contribution in [2.24, 2.45) is 0 Å². The van der Waals surface area contributed by atoms with Crippen LogP contribution in [0.25, 0.3) is 0 Å². The van der Waals surface area contributed by atoms with Crippen LogP contribution in [0.4, 0.5) is 5.69 Å². The van der Waals surface area contributed by atoms with E-state index in [9.17, 15) is 19.7 Å². The van der Waals surface area contributed by atoms with Gasteiger partial charge < -0.3 is 19.1 Å². The average molecular weight is 449 g/mol. The van der Waals surface area contributed by atoms with Crippen molar-refractivity contribution >= 4 is 29.2 Å². The molecule has 0 N–H and O–H groups in total. The Labute approximate surface area is 183 Å². The zero-order chi connectivity index (χ0) is 22.5. The molecule has 164 valence electrons. The Balaban J connectivity index is 1.76. The predicted molar refractivity (Wildman–Crippen MR) is 112 cm³/mol. The molecule has 10 heteroatoms. The molecule has 2 aromatic rings. The van der Waals surface area contributed by atoms with Crippen LogP contribution in [-0.2, 0) is 9.53 Å². The number of halogens is 1. The van der Waals surface area contributed by atoms with E-state index in [4.69, 9.17) is 25.8 Å². The van der Waals surface area contributed by atoms with Gasteiger partial charge in [0.05, 0.1) is 17.6 Å². The molecule has 1 heterocycles. The van der Waals surface area contributed by atoms with Crippen molar-refractivity contribution in [3.05, 3.63) is 57.1 Å². The first-order valence-corrected chi connectivity index (χ1v) is 9.97. The summed E-state index contributed by atoms with van der Waals surface area (Å²) in [5.41, 5.74) is -0.164. The molecule has 1 unspecified atom stereocenters. The molecule has 0 aromatic heterocycles. The molecule has 0 saturated carbocycles. The maximum Gasteiger partial charge on any atom is 0.339 e. The standard InChI is InChI=1S/C21H21ClN2O7/c1-13(20(25)23-9-3-4-10-23)30-21(26)14-5-7-18(19(11-14)29-2)31-17-8-6-15(22)12-16(17)24(27)28/h5-8,11-13H,3-4,9-10H2,1-2H3. The number of methoxy groups -OCH3 is 1. The van der Waals surface area contributed by atoms with Crippen molar-refractivity contribution in [1.82, 2.24) is 4.90 Å². The van der Waals surface area contributed by atoms with Crippen molar-refractivity contribution in [2.75, 3.05) is 20.2 Å². The second-order valence-electron chi connectivity index (χ2n) is 6.92. The number of nitro groups is 1. The van der Waals surface area contributed by atoms with Crippen LogP contribution in [0.3, 0.4) is 0 Å². The maximum absolute atomic E-state index is 12.5. The number of benzene rings is 2. The summed E-state index contributed by atoms with van der Waals surface area (Å²) in [6, 6.07) is 8.24. The summed E-state index contributed by atoms with van der Waals surface area (Å²) in [6.45, 7) is 2.86. The minimum absolute atomic E-state index is 0.0344. The number of carbonyl (C=O) groups excluding carboxylic acids is 2. The molecule has 1 atom stereocenters. The fraction of sp³-hybridized carbons (Fsp3) is 0.333. The molecule has 1 saturated heterocycles. The Morgan fingerprint density at radius 2 is 1.77 bits per heavy atom. The number of nitro benzene ring substituents is 1. The van der Waals surface area contributed by atoms with E-state index >= 15 is 0 Å². The highest BCUT2D eigenvalue weighted by Gasteiger charge is 2.27. The molecule has 0 bridgehead atoms.